The number of carbonyl (C=O) groups is 1. The molecule has 0 spiro atoms. The van der Waals surface area contributed by atoms with Gasteiger partial charge in [-0.1, -0.05) is 18.2 Å². The van der Waals surface area contributed by atoms with Crippen LogP contribution in [0, 0.1) is 5.82 Å². The quantitative estimate of drug-likeness (QED) is 0.597. The highest BCUT2D eigenvalue weighted by molar-refractivity contribution is 6.07. The van der Waals surface area contributed by atoms with Crippen molar-refractivity contribution in [3.05, 3.63) is 65.6 Å². The van der Waals surface area contributed by atoms with Crippen LogP contribution < -0.4 is 21.1 Å². The predicted molar refractivity (Wildman–Crippen MR) is 104 cm³/mol. The van der Waals surface area contributed by atoms with E-state index in [9.17, 15) is 9.18 Å². The van der Waals surface area contributed by atoms with Crippen LogP contribution >= 0.6 is 0 Å². The number of likely N-dealkylation sites (N-methyl/N-ethyl adjacent to an activating group) is 1. The number of benzene rings is 2. The Bertz CT molecular complexity index is 977. The lowest BCUT2D eigenvalue weighted by molar-refractivity contribution is 0.100. The van der Waals surface area contributed by atoms with Gasteiger partial charge in [-0.3, -0.25) is 9.78 Å². The number of fused-ring (bicyclic) bond motifs is 1. The largest absolute Gasteiger partial charge is 0.494 e. The van der Waals surface area contributed by atoms with E-state index < -0.39 is 11.7 Å². The molecule has 1 unspecified atom stereocenters. The van der Waals surface area contributed by atoms with Crippen LogP contribution in [0.5, 0.6) is 5.75 Å². The van der Waals surface area contributed by atoms with Crippen LogP contribution in [-0.4, -0.2) is 31.6 Å². The van der Waals surface area contributed by atoms with Crippen LogP contribution in [-0.2, 0) is 0 Å². The van der Waals surface area contributed by atoms with Crippen molar-refractivity contribution in [1.82, 2.24) is 10.3 Å². The first-order chi connectivity index (χ1) is 13.0. The molecule has 1 aromatic heterocycles. The van der Waals surface area contributed by atoms with Crippen LogP contribution in [0.3, 0.4) is 0 Å². The van der Waals surface area contributed by atoms with Crippen molar-refractivity contribution < 1.29 is 13.9 Å². The summed E-state index contributed by atoms with van der Waals surface area (Å²) in [6.07, 6.45) is 1.61. The zero-order valence-electron chi connectivity index (χ0n) is 15.1. The van der Waals surface area contributed by atoms with E-state index in [-0.39, 0.29) is 11.8 Å². The number of aromatic nitrogens is 1. The molecule has 1 amide bonds. The number of hydrogen-bond donors (Lipinski definition) is 3. The lowest BCUT2D eigenvalue weighted by atomic mass is 10.0. The molecule has 2 aromatic carbocycles. The normalized spacial score (nSPS) is 12.0. The van der Waals surface area contributed by atoms with Gasteiger partial charge < -0.3 is 21.1 Å². The fourth-order valence-electron chi connectivity index (χ4n) is 3.04. The third-order valence-electron chi connectivity index (χ3n) is 4.35. The maximum absolute atomic E-state index is 14.2. The smallest absolute Gasteiger partial charge is 0.250 e. The molecule has 0 bridgehead atoms. The van der Waals surface area contributed by atoms with Gasteiger partial charge in [-0.2, -0.15) is 0 Å². The van der Waals surface area contributed by atoms with Crippen LogP contribution in [0.25, 0.3) is 10.9 Å². The molecule has 6 nitrogen and oxygen atoms in total. The number of para-hydroxylation sites is 1. The molecule has 3 rings (SSSR count). The first kappa shape index (κ1) is 18.6. The number of ether oxygens (including phenoxy) is 1. The standard InChI is InChI=1S/C20H21FN4O2/c1-23-11-17(12-6-7-18(27-2)15(21)10-12)25-16-8-9-24-19-13(16)4-3-5-14(19)20(22)26/h3-10,17,23H,11H2,1-2H3,(H2,22,26)(H,24,25). The lowest BCUT2D eigenvalue weighted by Crippen LogP contribution is -2.24. The first-order valence-corrected chi connectivity index (χ1v) is 8.47. The SMILES string of the molecule is CNCC(Nc1ccnc2c(C(N)=O)cccc12)c1ccc(OC)c(F)c1. The van der Waals surface area contributed by atoms with Gasteiger partial charge in [0.15, 0.2) is 11.6 Å². The number of nitrogens with one attached hydrogen (secondary N) is 2. The molecule has 7 heteroatoms. The molecular weight excluding hydrogens is 347 g/mol. The van der Waals surface area contributed by atoms with E-state index in [1.54, 1.807) is 24.4 Å². The highest BCUT2D eigenvalue weighted by Crippen LogP contribution is 2.29. The number of rotatable bonds is 7. The Hall–Kier alpha value is -3.19. The predicted octanol–water partition coefficient (Wildman–Crippen LogP) is 2.85. The van der Waals surface area contributed by atoms with E-state index >= 15 is 0 Å². The number of methoxy groups -OCH3 is 1. The van der Waals surface area contributed by atoms with Gasteiger partial charge in [0, 0.05) is 23.8 Å². The molecule has 0 aliphatic carbocycles. The van der Waals surface area contributed by atoms with Crippen molar-refractivity contribution in [3.8, 4) is 5.75 Å². The second-order valence-electron chi connectivity index (χ2n) is 6.07. The van der Waals surface area contributed by atoms with Gasteiger partial charge in [0.25, 0.3) is 5.91 Å². The molecule has 1 atom stereocenters. The molecule has 0 saturated carbocycles. The molecule has 140 valence electrons. The van der Waals surface area contributed by atoms with E-state index in [0.717, 1.165) is 16.6 Å². The number of hydrogen-bond acceptors (Lipinski definition) is 5. The van der Waals surface area contributed by atoms with E-state index in [2.05, 4.69) is 15.6 Å². The molecule has 0 aliphatic rings. The van der Waals surface area contributed by atoms with Gasteiger partial charge in [-0.05, 0) is 36.9 Å². The van der Waals surface area contributed by atoms with E-state index in [1.165, 1.54) is 13.2 Å². The average molecular weight is 368 g/mol. The van der Waals surface area contributed by atoms with E-state index in [1.807, 2.05) is 25.2 Å². The fourth-order valence-corrected chi connectivity index (χ4v) is 3.04. The molecule has 3 aromatic rings. The van der Waals surface area contributed by atoms with E-state index in [0.29, 0.717) is 17.6 Å². The van der Waals surface area contributed by atoms with Crippen molar-refractivity contribution in [2.75, 3.05) is 26.0 Å². The van der Waals surface area contributed by atoms with Crippen molar-refractivity contribution in [2.45, 2.75) is 6.04 Å². The summed E-state index contributed by atoms with van der Waals surface area (Å²) in [6, 6.07) is 11.7. The zero-order valence-corrected chi connectivity index (χ0v) is 15.1. The summed E-state index contributed by atoms with van der Waals surface area (Å²) in [4.78, 5) is 16.0. The van der Waals surface area contributed by atoms with E-state index in [4.69, 9.17) is 10.5 Å². The molecule has 4 N–H and O–H groups in total. The summed E-state index contributed by atoms with van der Waals surface area (Å²) in [6.45, 7) is 0.561. The zero-order chi connectivity index (χ0) is 19.4. The molecule has 0 fully saturated rings. The Morgan fingerprint density at radius 1 is 1.30 bits per heavy atom. The highest BCUT2D eigenvalue weighted by atomic mass is 19.1. The first-order valence-electron chi connectivity index (χ1n) is 8.47. The minimum absolute atomic E-state index is 0.197. The molecule has 0 radical (unpaired) electrons. The maximum atomic E-state index is 14.2. The fraction of sp³-hybridized carbons (Fsp3) is 0.200. The number of nitrogens with two attached hydrogens (primary N) is 1. The maximum Gasteiger partial charge on any atom is 0.250 e. The third kappa shape index (κ3) is 3.83. The lowest BCUT2D eigenvalue weighted by Gasteiger charge is -2.22. The number of primary amides is 1. The molecule has 0 aliphatic heterocycles. The van der Waals surface area contributed by atoms with Crippen molar-refractivity contribution in [2.24, 2.45) is 5.73 Å². The Balaban J connectivity index is 2.01. The van der Waals surface area contributed by atoms with Crippen molar-refractivity contribution >= 4 is 22.5 Å². The number of halogens is 1. The van der Waals surface area contributed by atoms with Gasteiger partial charge in [-0.15, -0.1) is 0 Å². The summed E-state index contributed by atoms with van der Waals surface area (Å²) in [7, 11) is 3.26. The molecule has 1 heterocycles. The Kier molecular flexibility index (Phi) is 5.52. The number of anilines is 1. The number of pyridine rings is 1. The minimum atomic E-state index is -0.533. The molecular formula is C20H21FN4O2. The second kappa shape index (κ2) is 8.01. The second-order valence-corrected chi connectivity index (χ2v) is 6.07. The minimum Gasteiger partial charge on any atom is -0.494 e. The molecule has 27 heavy (non-hydrogen) atoms. The Morgan fingerprint density at radius 3 is 2.78 bits per heavy atom. The third-order valence-corrected chi connectivity index (χ3v) is 4.35. The summed E-state index contributed by atoms with van der Waals surface area (Å²) < 4.78 is 19.1. The summed E-state index contributed by atoms with van der Waals surface area (Å²) >= 11 is 0. The summed E-state index contributed by atoms with van der Waals surface area (Å²) in [5.41, 5.74) is 7.88. The Morgan fingerprint density at radius 2 is 2.11 bits per heavy atom. The van der Waals surface area contributed by atoms with Crippen molar-refractivity contribution in [3.63, 3.8) is 0 Å². The van der Waals surface area contributed by atoms with Gasteiger partial charge in [-0.25, -0.2) is 4.39 Å². The van der Waals surface area contributed by atoms with Gasteiger partial charge >= 0.3 is 0 Å². The van der Waals surface area contributed by atoms with Gasteiger partial charge in [0.1, 0.15) is 0 Å². The molecule has 0 saturated heterocycles. The van der Waals surface area contributed by atoms with Crippen molar-refractivity contribution in [1.29, 1.82) is 0 Å². The Labute approximate surface area is 156 Å². The average Bonchev–Trinajstić information content (AvgIpc) is 2.67. The number of nitrogens with zero attached hydrogens (tertiary/aromatic N) is 1. The van der Waals surface area contributed by atoms with Crippen LogP contribution in [0.4, 0.5) is 10.1 Å². The topological polar surface area (TPSA) is 89.3 Å². The monoisotopic (exact) mass is 368 g/mol. The van der Waals surface area contributed by atoms with Gasteiger partial charge in [0.2, 0.25) is 0 Å². The number of carbonyl (C=O) groups excluding carboxylic acids is 1. The van der Waals surface area contributed by atoms with Gasteiger partial charge in [0.05, 0.1) is 24.2 Å². The number of amides is 1. The van der Waals surface area contributed by atoms with Crippen LogP contribution in [0.1, 0.15) is 22.0 Å². The highest BCUT2D eigenvalue weighted by Gasteiger charge is 2.16. The summed E-state index contributed by atoms with van der Waals surface area (Å²) in [5.74, 6) is -0.759. The van der Waals surface area contributed by atoms with Crippen LogP contribution in [0.2, 0.25) is 0 Å². The summed E-state index contributed by atoms with van der Waals surface area (Å²) in [5, 5.41) is 7.28. The van der Waals surface area contributed by atoms with Crippen LogP contribution in [0.15, 0.2) is 48.7 Å².